The van der Waals surface area contributed by atoms with E-state index < -0.39 is 0 Å². The fourth-order valence-corrected chi connectivity index (χ4v) is 2.36. The monoisotopic (exact) mass is 289 g/mol. The summed E-state index contributed by atoms with van der Waals surface area (Å²) in [6, 6.07) is 3.89. The second-order valence-corrected chi connectivity index (χ2v) is 4.88. The minimum absolute atomic E-state index is 0.109. The Morgan fingerprint density at radius 3 is 2.62 bits per heavy atom. The van der Waals surface area contributed by atoms with E-state index >= 15 is 0 Å². The highest BCUT2D eigenvalue weighted by Crippen LogP contribution is 2.31. The maximum absolute atomic E-state index is 11.3. The lowest BCUT2D eigenvalue weighted by atomic mass is 10.2. The summed E-state index contributed by atoms with van der Waals surface area (Å²) >= 11 is 0. The van der Waals surface area contributed by atoms with Crippen molar-refractivity contribution < 1.29 is 4.92 Å². The molecule has 7 nitrogen and oxygen atoms in total. The summed E-state index contributed by atoms with van der Waals surface area (Å²) in [5, 5.41) is 15.6. The molecule has 2 aromatic heterocycles. The fourth-order valence-electron chi connectivity index (χ4n) is 2.36. The molecular weight excluding hydrogens is 270 g/mol. The number of aromatic nitrogens is 3. The predicted molar refractivity (Wildman–Crippen MR) is 80.5 cm³/mol. The largest absolute Gasteiger partial charge is 0.354 e. The lowest BCUT2D eigenvalue weighted by Gasteiger charge is -2.18. The van der Waals surface area contributed by atoms with Gasteiger partial charge in [0.05, 0.1) is 4.92 Å². The first-order chi connectivity index (χ1) is 10.0. The molecule has 0 amide bonds. The van der Waals surface area contributed by atoms with Crippen molar-refractivity contribution in [3.8, 4) is 0 Å². The standard InChI is InChI=1S/C14H19N5O2/c1-4-12-13(19(20)21)14(18(3)16-12)17(2)10-7-11-5-8-15-9-6-11/h5-6,8-9H,4,7,10H2,1-3H3. The Kier molecular flexibility index (Phi) is 4.52. The molecule has 0 bridgehead atoms. The molecule has 0 aromatic carbocycles. The number of hydrogen-bond donors (Lipinski definition) is 0. The van der Waals surface area contributed by atoms with Crippen molar-refractivity contribution in [3.05, 3.63) is 45.9 Å². The molecule has 2 rings (SSSR count). The van der Waals surface area contributed by atoms with Crippen molar-refractivity contribution in [1.29, 1.82) is 0 Å². The summed E-state index contributed by atoms with van der Waals surface area (Å²) in [6.07, 6.45) is 4.83. The Balaban J connectivity index is 2.21. The Labute approximate surface area is 123 Å². The van der Waals surface area contributed by atoms with Crippen LogP contribution in [0.3, 0.4) is 0 Å². The minimum atomic E-state index is -0.343. The molecule has 2 aromatic rings. The second-order valence-electron chi connectivity index (χ2n) is 4.88. The molecule has 0 aliphatic rings. The number of hydrogen-bond acceptors (Lipinski definition) is 5. The molecule has 0 N–H and O–H groups in total. The third-order valence-corrected chi connectivity index (χ3v) is 3.43. The van der Waals surface area contributed by atoms with E-state index in [1.165, 1.54) is 0 Å². The van der Waals surface area contributed by atoms with Gasteiger partial charge in [0.1, 0.15) is 5.69 Å². The molecule has 0 aliphatic heterocycles. The van der Waals surface area contributed by atoms with Crippen LogP contribution < -0.4 is 4.90 Å². The van der Waals surface area contributed by atoms with Gasteiger partial charge in [0.2, 0.25) is 5.82 Å². The smallest absolute Gasteiger partial charge is 0.334 e. The number of aryl methyl sites for hydroxylation is 2. The zero-order valence-corrected chi connectivity index (χ0v) is 12.5. The molecule has 0 saturated carbocycles. The van der Waals surface area contributed by atoms with Gasteiger partial charge in [-0.05, 0) is 30.5 Å². The molecule has 21 heavy (non-hydrogen) atoms. The van der Waals surface area contributed by atoms with Gasteiger partial charge < -0.3 is 4.90 Å². The van der Waals surface area contributed by atoms with E-state index in [1.807, 2.05) is 31.0 Å². The van der Waals surface area contributed by atoms with Crippen LogP contribution in [0.2, 0.25) is 0 Å². The van der Waals surface area contributed by atoms with E-state index in [4.69, 9.17) is 0 Å². The van der Waals surface area contributed by atoms with E-state index in [2.05, 4.69) is 10.1 Å². The van der Waals surface area contributed by atoms with Crippen molar-refractivity contribution in [2.24, 2.45) is 7.05 Å². The Morgan fingerprint density at radius 1 is 1.38 bits per heavy atom. The van der Waals surface area contributed by atoms with Crippen LogP contribution >= 0.6 is 0 Å². The van der Waals surface area contributed by atoms with Crippen LogP contribution in [-0.2, 0) is 19.9 Å². The molecular formula is C14H19N5O2. The van der Waals surface area contributed by atoms with E-state index in [0.717, 1.165) is 12.0 Å². The average Bonchev–Trinajstić information content (AvgIpc) is 2.82. The molecule has 112 valence electrons. The molecule has 0 atom stereocenters. The SMILES string of the molecule is CCc1nn(C)c(N(C)CCc2ccncc2)c1[N+](=O)[O-]. The van der Waals surface area contributed by atoms with E-state index in [1.54, 1.807) is 24.1 Å². The molecule has 0 spiro atoms. The zero-order chi connectivity index (χ0) is 15.4. The normalized spacial score (nSPS) is 10.6. The van der Waals surface area contributed by atoms with Crippen molar-refractivity contribution in [1.82, 2.24) is 14.8 Å². The summed E-state index contributed by atoms with van der Waals surface area (Å²) in [6.45, 7) is 2.55. The van der Waals surface area contributed by atoms with Gasteiger partial charge in [0, 0.05) is 33.0 Å². The average molecular weight is 289 g/mol. The molecule has 2 heterocycles. The van der Waals surface area contributed by atoms with Gasteiger partial charge >= 0.3 is 5.69 Å². The molecule has 0 saturated heterocycles. The van der Waals surface area contributed by atoms with Crippen LogP contribution in [0.1, 0.15) is 18.2 Å². The van der Waals surface area contributed by atoms with Crippen molar-refractivity contribution >= 4 is 11.5 Å². The van der Waals surface area contributed by atoms with Gasteiger partial charge in [-0.2, -0.15) is 5.10 Å². The maximum atomic E-state index is 11.3. The van der Waals surface area contributed by atoms with Crippen LogP contribution in [-0.4, -0.2) is 33.3 Å². The number of rotatable bonds is 6. The van der Waals surface area contributed by atoms with Gasteiger partial charge in [-0.15, -0.1) is 0 Å². The molecule has 0 unspecified atom stereocenters. The highest BCUT2D eigenvalue weighted by molar-refractivity contribution is 5.61. The highest BCUT2D eigenvalue weighted by atomic mass is 16.6. The quantitative estimate of drug-likeness (QED) is 0.600. The van der Waals surface area contributed by atoms with E-state index in [0.29, 0.717) is 24.5 Å². The predicted octanol–water partition coefficient (Wildman–Crippen LogP) is 1.96. The van der Waals surface area contributed by atoms with Gasteiger partial charge in [0.25, 0.3) is 0 Å². The minimum Gasteiger partial charge on any atom is -0.354 e. The fraction of sp³-hybridized carbons (Fsp3) is 0.429. The number of pyridine rings is 1. The first-order valence-corrected chi connectivity index (χ1v) is 6.84. The van der Waals surface area contributed by atoms with Crippen LogP contribution in [0.25, 0.3) is 0 Å². The van der Waals surface area contributed by atoms with Gasteiger partial charge in [-0.3, -0.25) is 15.1 Å². The molecule has 0 radical (unpaired) electrons. The number of anilines is 1. The van der Waals surface area contributed by atoms with Crippen molar-refractivity contribution in [3.63, 3.8) is 0 Å². The summed E-state index contributed by atoms with van der Waals surface area (Å²) in [7, 11) is 3.59. The van der Waals surface area contributed by atoms with Crippen LogP contribution in [0.4, 0.5) is 11.5 Å². The second kappa shape index (κ2) is 6.34. The summed E-state index contributed by atoms with van der Waals surface area (Å²) in [5.41, 5.74) is 1.78. The van der Waals surface area contributed by atoms with E-state index in [-0.39, 0.29) is 10.6 Å². The topological polar surface area (TPSA) is 77.1 Å². The highest BCUT2D eigenvalue weighted by Gasteiger charge is 2.27. The molecule has 0 aliphatic carbocycles. The Bertz CT molecular complexity index is 624. The number of nitro groups is 1. The van der Waals surface area contributed by atoms with Gasteiger partial charge in [-0.1, -0.05) is 6.92 Å². The molecule has 7 heteroatoms. The van der Waals surface area contributed by atoms with Crippen LogP contribution in [0, 0.1) is 10.1 Å². The number of likely N-dealkylation sites (N-methyl/N-ethyl adjacent to an activating group) is 1. The summed E-state index contributed by atoms with van der Waals surface area (Å²) in [4.78, 5) is 16.8. The van der Waals surface area contributed by atoms with Gasteiger partial charge in [-0.25, -0.2) is 4.68 Å². The summed E-state index contributed by atoms with van der Waals surface area (Å²) in [5.74, 6) is 0.547. The zero-order valence-electron chi connectivity index (χ0n) is 12.5. The van der Waals surface area contributed by atoms with Crippen LogP contribution in [0.15, 0.2) is 24.5 Å². The van der Waals surface area contributed by atoms with Gasteiger partial charge in [0.15, 0.2) is 0 Å². The van der Waals surface area contributed by atoms with Crippen LogP contribution in [0.5, 0.6) is 0 Å². The maximum Gasteiger partial charge on any atom is 0.334 e. The number of nitrogens with zero attached hydrogens (tertiary/aromatic N) is 5. The Morgan fingerprint density at radius 2 is 2.05 bits per heavy atom. The lowest BCUT2D eigenvalue weighted by Crippen LogP contribution is -2.23. The third-order valence-electron chi connectivity index (χ3n) is 3.43. The Hall–Kier alpha value is -2.44. The van der Waals surface area contributed by atoms with E-state index in [9.17, 15) is 10.1 Å². The summed E-state index contributed by atoms with van der Waals surface area (Å²) < 4.78 is 1.59. The first-order valence-electron chi connectivity index (χ1n) is 6.84. The van der Waals surface area contributed by atoms with Crippen molar-refractivity contribution in [2.45, 2.75) is 19.8 Å². The lowest BCUT2D eigenvalue weighted by molar-refractivity contribution is -0.384. The van der Waals surface area contributed by atoms with Crippen molar-refractivity contribution in [2.75, 3.05) is 18.5 Å². The molecule has 0 fully saturated rings. The third kappa shape index (κ3) is 3.18. The first kappa shape index (κ1) is 15.0.